The van der Waals surface area contributed by atoms with Crippen LogP contribution in [0.4, 0.5) is 5.69 Å². The molecule has 1 unspecified atom stereocenters. The van der Waals surface area contributed by atoms with Gasteiger partial charge in [-0.15, -0.1) is 0 Å². The van der Waals surface area contributed by atoms with Crippen molar-refractivity contribution < 1.29 is 4.79 Å². The molecule has 0 heterocycles. The van der Waals surface area contributed by atoms with Gasteiger partial charge in [-0.05, 0) is 36.1 Å². The lowest BCUT2D eigenvalue weighted by molar-refractivity contribution is 0.0936. The number of nitrogens with two attached hydrogens (primary N) is 1. The van der Waals surface area contributed by atoms with Crippen LogP contribution in [0.5, 0.6) is 0 Å². The first-order chi connectivity index (χ1) is 8.74. The van der Waals surface area contributed by atoms with E-state index in [0.717, 1.165) is 29.7 Å². The van der Waals surface area contributed by atoms with Gasteiger partial charge in [0.05, 0.1) is 0 Å². The average molecular weight is 237 g/mol. The number of hydrogen-bond acceptors (Lipinski definition) is 2. The highest BCUT2D eigenvalue weighted by atomic mass is 16.1. The van der Waals surface area contributed by atoms with Gasteiger partial charge in [-0.25, -0.2) is 0 Å². The predicted octanol–water partition coefficient (Wildman–Crippen LogP) is 2.87. The molecule has 1 atom stereocenters. The molecule has 0 amide bonds. The van der Waals surface area contributed by atoms with E-state index < -0.39 is 0 Å². The van der Waals surface area contributed by atoms with Crippen molar-refractivity contribution in [2.45, 2.75) is 12.8 Å². The molecule has 0 aliphatic heterocycles. The lowest BCUT2D eigenvalue weighted by atomic mass is 9.95. The Hall–Kier alpha value is -2.09. The van der Waals surface area contributed by atoms with E-state index in [2.05, 4.69) is 0 Å². The number of fused-ring (bicyclic) bond motifs is 1. The number of anilines is 1. The lowest BCUT2D eigenvalue weighted by Crippen LogP contribution is -2.12. The molecule has 3 rings (SSSR count). The van der Waals surface area contributed by atoms with Gasteiger partial charge in [0.15, 0.2) is 5.78 Å². The third-order valence-electron chi connectivity index (χ3n) is 3.55. The van der Waals surface area contributed by atoms with E-state index in [0.29, 0.717) is 0 Å². The van der Waals surface area contributed by atoms with Gasteiger partial charge in [-0.1, -0.05) is 36.4 Å². The van der Waals surface area contributed by atoms with Crippen molar-refractivity contribution in [1.82, 2.24) is 0 Å². The molecule has 90 valence electrons. The zero-order valence-electron chi connectivity index (χ0n) is 10.1. The maximum Gasteiger partial charge on any atom is 0.166 e. The van der Waals surface area contributed by atoms with Crippen LogP contribution in [0.1, 0.15) is 21.5 Å². The first-order valence-corrected chi connectivity index (χ1v) is 6.20. The summed E-state index contributed by atoms with van der Waals surface area (Å²) in [6.07, 6.45) is 1.63. The van der Waals surface area contributed by atoms with E-state index in [1.54, 1.807) is 0 Å². The zero-order chi connectivity index (χ0) is 12.5. The number of ketones is 1. The fraction of sp³-hybridized carbons (Fsp3) is 0.188. The summed E-state index contributed by atoms with van der Waals surface area (Å²) < 4.78 is 0. The minimum Gasteiger partial charge on any atom is -0.399 e. The Kier molecular flexibility index (Phi) is 2.63. The number of Topliss-reactive ketones (excluding diaryl/α,β-unsaturated/α-hetero) is 1. The van der Waals surface area contributed by atoms with Crippen molar-refractivity contribution in [2.24, 2.45) is 5.92 Å². The molecule has 0 saturated heterocycles. The van der Waals surface area contributed by atoms with Crippen molar-refractivity contribution in [3.05, 3.63) is 65.2 Å². The van der Waals surface area contributed by atoms with Gasteiger partial charge in [-0.3, -0.25) is 4.79 Å². The highest BCUT2D eigenvalue weighted by Crippen LogP contribution is 2.29. The molecule has 1 aliphatic carbocycles. The van der Waals surface area contributed by atoms with Crippen LogP contribution in [0, 0.1) is 5.92 Å². The van der Waals surface area contributed by atoms with E-state index in [9.17, 15) is 4.79 Å². The summed E-state index contributed by atoms with van der Waals surface area (Å²) in [6.45, 7) is 0. The maximum absolute atomic E-state index is 12.3. The van der Waals surface area contributed by atoms with Crippen LogP contribution in [0.25, 0.3) is 0 Å². The molecule has 18 heavy (non-hydrogen) atoms. The highest BCUT2D eigenvalue weighted by Gasteiger charge is 2.29. The second-order valence-electron chi connectivity index (χ2n) is 4.87. The van der Waals surface area contributed by atoms with Crippen LogP contribution in [0.3, 0.4) is 0 Å². The zero-order valence-corrected chi connectivity index (χ0v) is 10.1. The van der Waals surface area contributed by atoms with Gasteiger partial charge < -0.3 is 5.73 Å². The lowest BCUT2D eigenvalue weighted by Gasteiger charge is -2.08. The minimum absolute atomic E-state index is 0.0733. The molecule has 1 aliphatic rings. The number of hydrogen-bond donors (Lipinski definition) is 1. The standard InChI is InChI=1S/C16H15NO/c17-14-6-3-4-11(9-14)8-13-10-12-5-1-2-7-15(12)16(13)18/h1-7,9,13H,8,10,17H2. The first-order valence-electron chi connectivity index (χ1n) is 6.20. The van der Waals surface area contributed by atoms with Crippen LogP contribution in [0.15, 0.2) is 48.5 Å². The summed E-state index contributed by atoms with van der Waals surface area (Å²) in [5.41, 5.74) is 9.74. The van der Waals surface area contributed by atoms with Crippen LogP contribution >= 0.6 is 0 Å². The number of carbonyl (C=O) groups is 1. The Morgan fingerprint density at radius 2 is 1.94 bits per heavy atom. The van der Waals surface area contributed by atoms with E-state index in [1.807, 2.05) is 48.5 Å². The summed E-state index contributed by atoms with van der Waals surface area (Å²) in [5.74, 6) is 0.345. The van der Waals surface area contributed by atoms with E-state index >= 15 is 0 Å². The quantitative estimate of drug-likeness (QED) is 0.816. The van der Waals surface area contributed by atoms with Crippen molar-refractivity contribution in [3.8, 4) is 0 Å². The molecule has 2 heteroatoms. The topological polar surface area (TPSA) is 43.1 Å². The number of carbonyl (C=O) groups excluding carboxylic acids is 1. The van der Waals surface area contributed by atoms with Gasteiger partial charge in [0.2, 0.25) is 0 Å². The van der Waals surface area contributed by atoms with Gasteiger partial charge in [-0.2, -0.15) is 0 Å². The van der Waals surface area contributed by atoms with E-state index in [4.69, 9.17) is 5.73 Å². The largest absolute Gasteiger partial charge is 0.399 e. The summed E-state index contributed by atoms with van der Waals surface area (Å²) in [6, 6.07) is 15.7. The molecule has 0 radical (unpaired) electrons. The van der Waals surface area contributed by atoms with Crippen molar-refractivity contribution in [2.75, 3.05) is 5.73 Å². The fourth-order valence-corrected chi connectivity index (χ4v) is 2.69. The van der Waals surface area contributed by atoms with Crippen LogP contribution in [0.2, 0.25) is 0 Å². The third-order valence-corrected chi connectivity index (χ3v) is 3.55. The highest BCUT2D eigenvalue weighted by molar-refractivity contribution is 6.02. The molecule has 2 nitrogen and oxygen atoms in total. The maximum atomic E-state index is 12.3. The van der Waals surface area contributed by atoms with E-state index in [1.165, 1.54) is 5.56 Å². The van der Waals surface area contributed by atoms with Gasteiger partial charge in [0, 0.05) is 17.2 Å². The second-order valence-corrected chi connectivity index (χ2v) is 4.87. The monoisotopic (exact) mass is 237 g/mol. The fourth-order valence-electron chi connectivity index (χ4n) is 2.69. The summed E-state index contributed by atoms with van der Waals surface area (Å²) >= 11 is 0. The number of nitrogen functional groups attached to an aromatic ring is 1. The Morgan fingerprint density at radius 3 is 2.72 bits per heavy atom. The molecule has 0 bridgehead atoms. The minimum atomic E-state index is 0.0733. The van der Waals surface area contributed by atoms with Crippen LogP contribution < -0.4 is 5.73 Å². The molecular formula is C16H15NO. The molecule has 0 aromatic heterocycles. The Morgan fingerprint density at radius 1 is 1.11 bits per heavy atom. The van der Waals surface area contributed by atoms with Gasteiger partial charge in [0.1, 0.15) is 0 Å². The summed E-state index contributed by atoms with van der Waals surface area (Å²) in [5, 5.41) is 0. The molecule has 2 N–H and O–H groups in total. The van der Waals surface area contributed by atoms with Crippen LogP contribution in [-0.2, 0) is 12.8 Å². The molecular weight excluding hydrogens is 222 g/mol. The summed E-state index contributed by atoms with van der Waals surface area (Å²) in [4.78, 5) is 12.3. The predicted molar refractivity (Wildman–Crippen MR) is 72.5 cm³/mol. The SMILES string of the molecule is Nc1cccc(CC2Cc3ccccc3C2=O)c1. The van der Waals surface area contributed by atoms with Gasteiger partial charge in [0.25, 0.3) is 0 Å². The second kappa shape index (κ2) is 4.30. The average Bonchev–Trinajstić information content (AvgIpc) is 2.67. The summed E-state index contributed by atoms with van der Waals surface area (Å²) in [7, 11) is 0. The Balaban J connectivity index is 1.83. The molecule has 0 fully saturated rings. The smallest absolute Gasteiger partial charge is 0.166 e. The number of rotatable bonds is 2. The van der Waals surface area contributed by atoms with Crippen molar-refractivity contribution in [3.63, 3.8) is 0 Å². The van der Waals surface area contributed by atoms with Crippen molar-refractivity contribution in [1.29, 1.82) is 0 Å². The normalized spacial score (nSPS) is 17.8. The van der Waals surface area contributed by atoms with Crippen LogP contribution in [-0.4, -0.2) is 5.78 Å². The Bertz CT molecular complexity index is 604. The molecule has 0 spiro atoms. The first kappa shape index (κ1) is 11.0. The third kappa shape index (κ3) is 1.90. The Labute approximate surface area is 106 Å². The van der Waals surface area contributed by atoms with Gasteiger partial charge >= 0.3 is 0 Å². The molecule has 2 aromatic rings. The molecule has 2 aromatic carbocycles. The van der Waals surface area contributed by atoms with E-state index in [-0.39, 0.29) is 11.7 Å². The molecule has 0 saturated carbocycles. The van der Waals surface area contributed by atoms with Crippen molar-refractivity contribution >= 4 is 11.5 Å². The number of benzene rings is 2.